The zero-order valence-electron chi connectivity index (χ0n) is 13.8. The molecule has 0 bridgehead atoms. The second-order valence-electron chi connectivity index (χ2n) is 5.81. The van der Waals surface area contributed by atoms with E-state index in [1.165, 1.54) is 0 Å². The van der Waals surface area contributed by atoms with E-state index in [1.807, 2.05) is 0 Å². The maximum Gasteiger partial charge on any atom is 0.389 e. The SMILES string of the molecule is FC(F)(F)CCCOc1ccc2ccc(OCCCC(F)(F)F)cc2c1. The van der Waals surface area contributed by atoms with Crippen LogP contribution in [-0.2, 0) is 0 Å². The van der Waals surface area contributed by atoms with Crippen LogP contribution in [0.15, 0.2) is 36.4 Å². The predicted molar refractivity (Wildman–Crippen MR) is 85.5 cm³/mol. The first kappa shape index (κ1) is 20.2. The van der Waals surface area contributed by atoms with E-state index in [0.29, 0.717) is 11.5 Å². The maximum atomic E-state index is 12.1. The highest BCUT2D eigenvalue weighted by Gasteiger charge is 2.26. The smallest absolute Gasteiger partial charge is 0.389 e. The lowest BCUT2D eigenvalue weighted by molar-refractivity contribution is -0.137. The van der Waals surface area contributed by atoms with E-state index in [0.717, 1.165) is 10.8 Å². The lowest BCUT2D eigenvalue weighted by Gasteiger charge is -2.11. The molecule has 0 heterocycles. The van der Waals surface area contributed by atoms with E-state index in [9.17, 15) is 26.3 Å². The zero-order chi connectivity index (χ0) is 19.2. The number of ether oxygens (including phenoxy) is 2. The Balaban J connectivity index is 1.90. The Morgan fingerprint density at radius 1 is 0.615 bits per heavy atom. The fraction of sp³-hybridized carbons (Fsp3) is 0.444. The van der Waals surface area contributed by atoms with Crippen LogP contribution in [0.1, 0.15) is 25.7 Å². The molecule has 0 spiro atoms. The van der Waals surface area contributed by atoms with Crippen molar-refractivity contribution in [2.75, 3.05) is 13.2 Å². The summed E-state index contributed by atoms with van der Waals surface area (Å²) in [6, 6.07) is 10.1. The molecule has 0 aromatic heterocycles. The minimum absolute atomic E-state index is 0.0569. The Bertz CT molecular complexity index is 652. The first-order chi connectivity index (χ1) is 12.1. The summed E-state index contributed by atoms with van der Waals surface area (Å²) in [6.45, 7) is -0.114. The van der Waals surface area contributed by atoms with Gasteiger partial charge >= 0.3 is 12.4 Å². The van der Waals surface area contributed by atoms with Crippen LogP contribution >= 0.6 is 0 Å². The van der Waals surface area contributed by atoms with Crippen LogP contribution < -0.4 is 9.47 Å². The topological polar surface area (TPSA) is 18.5 Å². The fourth-order valence-corrected chi connectivity index (χ4v) is 2.31. The van der Waals surface area contributed by atoms with Crippen molar-refractivity contribution in [2.24, 2.45) is 0 Å². The molecule has 0 amide bonds. The van der Waals surface area contributed by atoms with Crippen LogP contribution in [0.3, 0.4) is 0 Å². The Hall–Kier alpha value is -2.12. The van der Waals surface area contributed by atoms with Gasteiger partial charge in [0.2, 0.25) is 0 Å². The van der Waals surface area contributed by atoms with E-state index in [4.69, 9.17) is 9.47 Å². The van der Waals surface area contributed by atoms with Crippen LogP contribution in [0.2, 0.25) is 0 Å². The van der Waals surface area contributed by atoms with Crippen molar-refractivity contribution in [3.63, 3.8) is 0 Å². The minimum Gasteiger partial charge on any atom is -0.494 e. The van der Waals surface area contributed by atoms with Gasteiger partial charge in [0.05, 0.1) is 13.2 Å². The van der Waals surface area contributed by atoms with Gasteiger partial charge in [0, 0.05) is 12.8 Å². The molecule has 144 valence electrons. The van der Waals surface area contributed by atoms with Crippen LogP contribution in [0.25, 0.3) is 10.8 Å². The molecule has 2 nitrogen and oxygen atoms in total. The average Bonchev–Trinajstić information content (AvgIpc) is 2.53. The predicted octanol–water partition coefficient (Wildman–Crippen LogP) is 6.28. The molecule has 0 aliphatic carbocycles. The minimum atomic E-state index is -4.20. The van der Waals surface area contributed by atoms with Crippen molar-refractivity contribution in [1.29, 1.82) is 0 Å². The van der Waals surface area contributed by atoms with Gasteiger partial charge in [-0.3, -0.25) is 0 Å². The van der Waals surface area contributed by atoms with Gasteiger partial charge in [0.15, 0.2) is 0 Å². The molecule has 2 rings (SSSR count). The van der Waals surface area contributed by atoms with Crippen molar-refractivity contribution in [2.45, 2.75) is 38.0 Å². The molecule has 0 radical (unpaired) electrons. The molecule has 0 aliphatic rings. The summed E-state index contributed by atoms with van der Waals surface area (Å²) in [4.78, 5) is 0. The monoisotopic (exact) mass is 380 g/mol. The van der Waals surface area contributed by atoms with E-state index in [1.54, 1.807) is 36.4 Å². The van der Waals surface area contributed by atoms with Crippen molar-refractivity contribution in [3.05, 3.63) is 36.4 Å². The Morgan fingerprint density at radius 3 is 1.42 bits per heavy atom. The molecule has 2 aromatic rings. The fourth-order valence-electron chi connectivity index (χ4n) is 2.31. The van der Waals surface area contributed by atoms with E-state index < -0.39 is 25.2 Å². The molecular formula is C18H18F6O2. The number of halogens is 6. The molecule has 0 fully saturated rings. The average molecular weight is 380 g/mol. The second-order valence-corrected chi connectivity index (χ2v) is 5.81. The summed E-state index contributed by atoms with van der Waals surface area (Å²) < 4.78 is 83.2. The van der Waals surface area contributed by atoms with Crippen LogP contribution in [0.4, 0.5) is 26.3 Å². The number of benzene rings is 2. The highest BCUT2D eigenvalue weighted by molar-refractivity contribution is 5.85. The summed E-state index contributed by atoms with van der Waals surface area (Å²) in [5.41, 5.74) is 0. The molecule has 8 heteroatoms. The quantitative estimate of drug-likeness (QED) is 0.396. The summed E-state index contributed by atoms with van der Waals surface area (Å²) in [5, 5.41) is 1.59. The van der Waals surface area contributed by atoms with Crippen LogP contribution in [0.5, 0.6) is 11.5 Å². The van der Waals surface area contributed by atoms with E-state index in [-0.39, 0.29) is 26.1 Å². The molecule has 26 heavy (non-hydrogen) atoms. The molecule has 2 aromatic carbocycles. The van der Waals surface area contributed by atoms with Crippen LogP contribution in [-0.4, -0.2) is 25.6 Å². The number of hydrogen-bond acceptors (Lipinski definition) is 2. The third-order valence-corrected chi connectivity index (χ3v) is 3.53. The van der Waals surface area contributed by atoms with Crippen molar-refractivity contribution < 1.29 is 35.8 Å². The standard InChI is InChI=1S/C18H18F6O2/c19-17(20,21)7-1-9-25-15-5-3-13-4-6-16(12-14(13)11-15)26-10-2-8-18(22,23)24/h3-6,11-12H,1-2,7-10H2. The van der Waals surface area contributed by atoms with Gasteiger partial charge < -0.3 is 9.47 Å². The molecule has 0 atom stereocenters. The van der Waals surface area contributed by atoms with Gasteiger partial charge in [-0.1, -0.05) is 12.1 Å². The molecule has 0 saturated carbocycles. The first-order valence-electron chi connectivity index (χ1n) is 8.05. The van der Waals surface area contributed by atoms with Crippen molar-refractivity contribution in [3.8, 4) is 11.5 Å². The molecular weight excluding hydrogens is 362 g/mol. The first-order valence-corrected chi connectivity index (χ1v) is 8.05. The molecule has 0 saturated heterocycles. The molecule has 0 aliphatic heterocycles. The summed E-state index contributed by atoms with van der Waals surface area (Å²) in [5.74, 6) is 0.850. The highest BCUT2D eigenvalue weighted by atomic mass is 19.4. The second kappa shape index (κ2) is 8.51. The van der Waals surface area contributed by atoms with Gasteiger partial charge in [0.25, 0.3) is 0 Å². The van der Waals surface area contributed by atoms with Gasteiger partial charge in [-0.05, 0) is 47.9 Å². The lowest BCUT2D eigenvalue weighted by Crippen LogP contribution is -2.09. The number of rotatable bonds is 8. The lowest BCUT2D eigenvalue weighted by atomic mass is 10.1. The van der Waals surface area contributed by atoms with Gasteiger partial charge in [-0.2, -0.15) is 26.3 Å². The van der Waals surface area contributed by atoms with Crippen LogP contribution in [0, 0.1) is 0 Å². The maximum absolute atomic E-state index is 12.1. The van der Waals surface area contributed by atoms with Gasteiger partial charge in [0.1, 0.15) is 11.5 Å². The number of fused-ring (bicyclic) bond motifs is 1. The van der Waals surface area contributed by atoms with Gasteiger partial charge in [-0.15, -0.1) is 0 Å². The van der Waals surface area contributed by atoms with E-state index >= 15 is 0 Å². The number of hydrogen-bond donors (Lipinski definition) is 0. The Kier molecular flexibility index (Phi) is 6.61. The van der Waals surface area contributed by atoms with Crippen molar-refractivity contribution in [1.82, 2.24) is 0 Å². The highest BCUT2D eigenvalue weighted by Crippen LogP contribution is 2.27. The largest absolute Gasteiger partial charge is 0.494 e. The number of alkyl halides is 6. The zero-order valence-corrected chi connectivity index (χ0v) is 13.8. The summed E-state index contributed by atoms with van der Waals surface area (Å²) >= 11 is 0. The molecule has 0 N–H and O–H groups in total. The summed E-state index contributed by atoms with van der Waals surface area (Å²) in [6.07, 6.45) is -10.5. The third-order valence-electron chi connectivity index (χ3n) is 3.53. The normalized spacial score (nSPS) is 12.4. The van der Waals surface area contributed by atoms with Gasteiger partial charge in [-0.25, -0.2) is 0 Å². The Labute approximate surface area is 146 Å². The summed E-state index contributed by atoms with van der Waals surface area (Å²) in [7, 11) is 0. The Morgan fingerprint density at radius 2 is 1.04 bits per heavy atom. The van der Waals surface area contributed by atoms with Crippen molar-refractivity contribution >= 4 is 10.8 Å². The molecule has 0 unspecified atom stereocenters. The van der Waals surface area contributed by atoms with E-state index in [2.05, 4.69) is 0 Å². The third kappa shape index (κ3) is 7.41.